The van der Waals surface area contributed by atoms with Crippen molar-refractivity contribution in [3.05, 3.63) is 103 Å². The highest BCUT2D eigenvalue weighted by atomic mass is 35.5. The molecule has 0 amide bonds. The number of carboxylic acids is 1. The van der Waals surface area contributed by atoms with E-state index in [9.17, 15) is 9.90 Å². The van der Waals surface area contributed by atoms with Gasteiger partial charge >= 0.3 is 5.97 Å². The lowest BCUT2D eigenvalue weighted by atomic mass is 10.0. The standard InChI is InChI=1S/C30H23Cl3N2O4/c1-34-15-18-11-17(12-21(13-18)30(36)37)5-6-19-9-10-22(14-26(19)33)38-16-23-28(35-39-29(23)20-7-8-20)27-24(31)3-2-4-25(27)32/h2-4,9-14,20,34H,7-8,15-16H2,1H3,(H,36,37). The molecule has 1 saturated carbocycles. The maximum absolute atomic E-state index is 11.5. The molecule has 0 bridgehead atoms. The average Bonchev–Trinajstić information content (AvgIpc) is 3.67. The zero-order valence-electron chi connectivity index (χ0n) is 20.9. The highest BCUT2D eigenvalue weighted by Crippen LogP contribution is 2.46. The number of hydrogen-bond acceptors (Lipinski definition) is 5. The number of carbonyl (C=O) groups is 1. The lowest BCUT2D eigenvalue weighted by Gasteiger charge is -2.10. The van der Waals surface area contributed by atoms with Crippen LogP contribution < -0.4 is 10.1 Å². The molecule has 0 unspecified atom stereocenters. The molecule has 1 aliphatic rings. The van der Waals surface area contributed by atoms with Gasteiger partial charge in [-0.3, -0.25) is 0 Å². The minimum Gasteiger partial charge on any atom is -0.489 e. The largest absolute Gasteiger partial charge is 0.489 e. The molecule has 1 heterocycles. The van der Waals surface area contributed by atoms with Crippen molar-refractivity contribution >= 4 is 40.8 Å². The van der Waals surface area contributed by atoms with Crippen molar-refractivity contribution in [1.82, 2.24) is 10.5 Å². The van der Waals surface area contributed by atoms with Crippen LogP contribution in [0.1, 0.15) is 57.1 Å². The number of nitrogens with one attached hydrogen (secondary N) is 1. The van der Waals surface area contributed by atoms with E-state index in [-0.39, 0.29) is 12.2 Å². The molecule has 4 aromatic rings. The Morgan fingerprint density at radius 3 is 2.51 bits per heavy atom. The van der Waals surface area contributed by atoms with E-state index in [4.69, 9.17) is 44.1 Å². The molecule has 2 N–H and O–H groups in total. The first-order valence-corrected chi connectivity index (χ1v) is 13.4. The van der Waals surface area contributed by atoms with Crippen LogP contribution in [0, 0.1) is 11.8 Å². The average molecular weight is 582 g/mol. The van der Waals surface area contributed by atoms with E-state index in [0.29, 0.717) is 55.7 Å². The summed E-state index contributed by atoms with van der Waals surface area (Å²) in [6.45, 7) is 0.728. The fraction of sp³-hybridized carbons (Fsp3) is 0.200. The summed E-state index contributed by atoms with van der Waals surface area (Å²) in [5.74, 6) is 6.69. The third-order valence-electron chi connectivity index (χ3n) is 6.25. The molecule has 198 valence electrons. The molecular formula is C30H23Cl3N2O4. The lowest BCUT2D eigenvalue weighted by molar-refractivity contribution is 0.0696. The number of nitrogens with zero attached hydrogens (tertiary/aromatic N) is 1. The highest BCUT2D eigenvalue weighted by molar-refractivity contribution is 6.39. The molecule has 6 nitrogen and oxygen atoms in total. The van der Waals surface area contributed by atoms with Crippen LogP contribution in [0.5, 0.6) is 5.75 Å². The van der Waals surface area contributed by atoms with E-state index < -0.39 is 5.97 Å². The Hall–Kier alpha value is -3.47. The number of carboxylic acid groups (broad SMARTS) is 1. The van der Waals surface area contributed by atoms with Crippen LogP contribution in [0.4, 0.5) is 0 Å². The van der Waals surface area contributed by atoms with Crippen LogP contribution in [0.15, 0.2) is 59.1 Å². The maximum Gasteiger partial charge on any atom is 0.335 e. The Morgan fingerprint density at radius 2 is 1.85 bits per heavy atom. The fourth-order valence-corrected chi connectivity index (χ4v) is 5.02. The molecule has 0 saturated heterocycles. The van der Waals surface area contributed by atoms with Gasteiger partial charge in [0, 0.05) is 35.2 Å². The summed E-state index contributed by atoms with van der Waals surface area (Å²) in [4.78, 5) is 11.5. The highest BCUT2D eigenvalue weighted by Gasteiger charge is 2.33. The summed E-state index contributed by atoms with van der Waals surface area (Å²) in [5.41, 5.74) is 4.18. The van der Waals surface area contributed by atoms with Crippen LogP contribution in [0.25, 0.3) is 11.3 Å². The molecular weight excluding hydrogens is 559 g/mol. The lowest BCUT2D eigenvalue weighted by Crippen LogP contribution is -2.07. The monoisotopic (exact) mass is 580 g/mol. The Bertz CT molecular complexity index is 1600. The van der Waals surface area contributed by atoms with Crippen molar-refractivity contribution in [2.75, 3.05) is 7.05 Å². The second-order valence-electron chi connectivity index (χ2n) is 9.18. The van der Waals surface area contributed by atoms with Crippen LogP contribution in [0.3, 0.4) is 0 Å². The van der Waals surface area contributed by atoms with Gasteiger partial charge in [0.15, 0.2) is 0 Å². The molecule has 0 spiro atoms. The van der Waals surface area contributed by atoms with Crippen molar-refractivity contribution in [3.8, 4) is 28.8 Å². The number of aromatic carboxylic acids is 1. The Balaban J connectivity index is 1.37. The quantitative estimate of drug-likeness (QED) is 0.209. The van der Waals surface area contributed by atoms with E-state index >= 15 is 0 Å². The summed E-state index contributed by atoms with van der Waals surface area (Å²) >= 11 is 19.4. The van der Waals surface area contributed by atoms with E-state index in [2.05, 4.69) is 22.3 Å². The number of ether oxygens (including phenoxy) is 1. The number of hydrogen-bond donors (Lipinski definition) is 2. The Labute approximate surface area is 240 Å². The molecule has 0 radical (unpaired) electrons. The van der Waals surface area contributed by atoms with Crippen LogP contribution in [-0.4, -0.2) is 23.3 Å². The molecule has 39 heavy (non-hydrogen) atoms. The van der Waals surface area contributed by atoms with E-state index in [1.807, 2.05) is 6.07 Å². The van der Waals surface area contributed by atoms with Gasteiger partial charge in [-0.1, -0.05) is 57.9 Å². The van der Waals surface area contributed by atoms with Gasteiger partial charge in [-0.15, -0.1) is 0 Å². The maximum atomic E-state index is 11.5. The van der Waals surface area contributed by atoms with Gasteiger partial charge < -0.3 is 19.7 Å². The topological polar surface area (TPSA) is 84.6 Å². The Morgan fingerprint density at radius 1 is 1.08 bits per heavy atom. The van der Waals surface area contributed by atoms with Gasteiger partial charge in [0.05, 0.1) is 26.2 Å². The normalized spacial score (nSPS) is 12.6. The van der Waals surface area contributed by atoms with E-state index in [0.717, 1.165) is 29.7 Å². The zero-order chi connectivity index (χ0) is 27.5. The third-order valence-corrected chi connectivity index (χ3v) is 7.19. The summed E-state index contributed by atoms with van der Waals surface area (Å²) in [7, 11) is 1.80. The summed E-state index contributed by atoms with van der Waals surface area (Å²) < 4.78 is 11.8. The van der Waals surface area contributed by atoms with Crippen molar-refractivity contribution in [2.45, 2.75) is 31.9 Å². The first-order valence-electron chi connectivity index (χ1n) is 12.2. The van der Waals surface area contributed by atoms with Crippen molar-refractivity contribution < 1.29 is 19.2 Å². The zero-order valence-corrected chi connectivity index (χ0v) is 23.1. The van der Waals surface area contributed by atoms with Crippen molar-refractivity contribution in [1.29, 1.82) is 0 Å². The first kappa shape index (κ1) is 27.1. The molecule has 1 aromatic heterocycles. The summed E-state index contributed by atoms with van der Waals surface area (Å²) in [6.07, 6.45) is 2.06. The third kappa shape index (κ3) is 6.24. The van der Waals surface area contributed by atoms with Gasteiger partial charge in [-0.05, 0) is 67.9 Å². The predicted molar refractivity (Wildman–Crippen MR) is 152 cm³/mol. The minimum atomic E-state index is -1.01. The second kappa shape index (κ2) is 11.7. The molecule has 1 fully saturated rings. The van der Waals surface area contributed by atoms with Crippen LogP contribution in [0.2, 0.25) is 15.1 Å². The summed E-state index contributed by atoms with van der Waals surface area (Å²) in [5, 5.41) is 18.1. The van der Waals surface area contributed by atoms with Crippen molar-refractivity contribution in [3.63, 3.8) is 0 Å². The second-order valence-corrected chi connectivity index (χ2v) is 10.4. The van der Waals surface area contributed by atoms with Gasteiger partial charge in [-0.25, -0.2) is 4.79 Å². The molecule has 1 aliphatic carbocycles. The number of halogens is 3. The molecule has 0 aliphatic heterocycles. The SMILES string of the molecule is CNCc1cc(C#Cc2ccc(OCc3c(-c4c(Cl)cccc4Cl)noc3C3CC3)cc2Cl)cc(C(=O)O)c1. The van der Waals surface area contributed by atoms with Gasteiger partial charge in [-0.2, -0.15) is 0 Å². The van der Waals surface area contributed by atoms with E-state index in [1.54, 1.807) is 55.6 Å². The molecule has 9 heteroatoms. The van der Waals surface area contributed by atoms with Gasteiger partial charge in [0.25, 0.3) is 0 Å². The number of benzene rings is 3. The smallest absolute Gasteiger partial charge is 0.335 e. The summed E-state index contributed by atoms with van der Waals surface area (Å²) in [6, 6.07) is 15.6. The first-order chi connectivity index (χ1) is 18.8. The van der Waals surface area contributed by atoms with Crippen LogP contribution >= 0.6 is 34.8 Å². The van der Waals surface area contributed by atoms with Crippen LogP contribution in [-0.2, 0) is 13.2 Å². The predicted octanol–water partition coefficient (Wildman–Crippen LogP) is 7.58. The Kier molecular flexibility index (Phi) is 8.15. The number of aromatic nitrogens is 1. The van der Waals surface area contributed by atoms with Gasteiger partial charge in [0.2, 0.25) is 0 Å². The molecule has 3 aromatic carbocycles. The van der Waals surface area contributed by atoms with Crippen molar-refractivity contribution in [2.24, 2.45) is 0 Å². The fourth-order valence-electron chi connectivity index (χ4n) is 4.22. The molecule has 0 atom stereocenters. The minimum absolute atomic E-state index is 0.179. The van der Waals surface area contributed by atoms with Gasteiger partial charge in [0.1, 0.15) is 23.8 Å². The van der Waals surface area contributed by atoms with E-state index in [1.165, 1.54) is 0 Å². The molecule has 5 rings (SSSR count). The number of rotatable bonds is 8.